The first kappa shape index (κ1) is 14.4. The van der Waals surface area contributed by atoms with Crippen LogP contribution in [-0.4, -0.2) is 36.8 Å². The molecule has 2 rings (SSSR count). The molecule has 2 heterocycles. The number of aromatic nitrogens is 3. The van der Waals surface area contributed by atoms with Crippen molar-refractivity contribution in [2.75, 3.05) is 18.3 Å². The van der Waals surface area contributed by atoms with Gasteiger partial charge in [0.05, 0.1) is 24.6 Å². The van der Waals surface area contributed by atoms with Crippen LogP contribution in [0.25, 0.3) is 0 Å². The van der Waals surface area contributed by atoms with Crippen molar-refractivity contribution in [1.82, 2.24) is 20.1 Å². The van der Waals surface area contributed by atoms with Gasteiger partial charge >= 0.3 is 0 Å². The van der Waals surface area contributed by atoms with Crippen LogP contribution in [0, 0.1) is 5.82 Å². The molecule has 20 heavy (non-hydrogen) atoms. The fourth-order valence-corrected chi connectivity index (χ4v) is 2.51. The predicted molar refractivity (Wildman–Crippen MR) is 71.2 cm³/mol. The van der Waals surface area contributed by atoms with E-state index in [2.05, 4.69) is 20.1 Å². The second-order valence-electron chi connectivity index (χ2n) is 4.00. The first-order chi connectivity index (χ1) is 9.53. The molecule has 108 valence electrons. The fourth-order valence-electron chi connectivity index (χ4n) is 1.49. The summed E-state index contributed by atoms with van der Waals surface area (Å²) in [6.07, 6.45) is 4.85. The van der Waals surface area contributed by atoms with Gasteiger partial charge in [0, 0.05) is 18.9 Å². The van der Waals surface area contributed by atoms with Gasteiger partial charge in [-0.15, -0.1) is 0 Å². The molecule has 0 bridgehead atoms. The van der Waals surface area contributed by atoms with Gasteiger partial charge in [-0.2, -0.15) is 5.10 Å². The van der Waals surface area contributed by atoms with Crippen LogP contribution >= 0.6 is 0 Å². The van der Waals surface area contributed by atoms with E-state index in [4.69, 9.17) is 0 Å². The molecule has 0 saturated heterocycles. The highest BCUT2D eigenvalue weighted by molar-refractivity contribution is 7.92. The van der Waals surface area contributed by atoms with Crippen molar-refractivity contribution < 1.29 is 12.8 Å². The molecule has 9 heteroatoms. The Bertz CT molecular complexity index is 686. The molecule has 2 aromatic rings. The zero-order chi connectivity index (χ0) is 14.6. The highest BCUT2D eigenvalue weighted by Gasteiger charge is 2.18. The molecule has 0 amide bonds. The molecule has 0 fully saturated rings. The maximum absolute atomic E-state index is 13.4. The minimum absolute atomic E-state index is 0.0233. The summed E-state index contributed by atoms with van der Waals surface area (Å²) in [5.74, 6) is -0.737. The van der Waals surface area contributed by atoms with Crippen molar-refractivity contribution in [3.05, 3.63) is 36.7 Å². The minimum atomic E-state index is -3.86. The average Bonchev–Trinajstić information content (AvgIpc) is 2.88. The van der Waals surface area contributed by atoms with E-state index >= 15 is 0 Å². The Kier molecular flexibility index (Phi) is 4.30. The van der Waals surface area contributed by atoms with Gasteiger partial charge in [0.2, 0.25) is 0 Å². The van der Waals surface area contributed by atoms with Gasteiger partial charge in [-0.1, -0.05) is 0 Å². The molecule has 0 spiro atoms. The third-order valence-electron chi connectivity index (χ3n) is 2.53. The van der Waals surface area contributed by atoms with E-state index in [1.54, 1.807) is 7.05 Å². The Labute approximate surface area is 115 Å². The number of hydrogen-bond donors (Lipinski definition) is 2. The average molecular weight is 299 g/mol. The van der Waals surface area contributed by atoms with E-state index in [9.17, 15) is 12.8 Å². The third kappa shape index (κ3) is 3.31. The fraction of sp³-hybridized carbons (Fsp3) is 0.273. The molecule has 0 atom stereocenters. The number of anilines is 1. The number of sulfonamides is 1. The maximum atomic E-state index is 13.4. The van der Waals surface area contributed by atoms with Crippen LogP contribution in [0.15, 0.2) is 35.7 Å². The number of hydrogen-bond acceptors (Lipinski definition) is 5. The van der Waals surface area contributed by atoms with Crippen LogP contribution < -0.4 is 10.0 Å². The molecule has 0 aliphatic heterocycles. The summed E-state index contributed by atoms with van der Waals surface area (Å²) in [5.41, 5.74) is -0.150. The Hall–Kier alpha value is -2.00. The second kappa shape index (κ2) is 5.97. The molecule has 2 aromatic heterocycles. The smallest absolute Gasteiger partial charge is 0.265 e. The van der Waals surface area contributed by atoms with E-state index in [-0.39, 0.29) is 10.6 Å². The number of nitrogens with one attached hydrogen (secondary N) is 2. The lowest BCUT2D eigenvalue weighted by atomic mass is 10.4. The SMILES string of the molecule is CNCCn1cc(S(=O)(=O)Nc2ccncc2F)cn1. The Morgan fingerprint density at radius 1 is 1.40 bits per heavy atom. The van der Waals surface area contributed by atoms with E-state index in [1.807, 2.05) is 0 Å². The molecule has 0 unspecified atom stereocenters. The monoisotopic (exact) mass is 299 g/mol. The molecule has 0 aromatic carbocycles. The molecule has 0 aliphatic carbocycles. The lowest BCUT2D eigenvalue weighted by Gasteiger charge is -2.06. The molecule has 2 N–H and O–H groups in total. The first-order valence-electron chi connectivity index (χ1n) is 5.82. The molecule has 0 saturated carbocycles. The Morgan fingerprint density at radius 2 is 2.20 bits per heavy atom. The quantitative estimate of drug-likeness (QED) is 0.808. The summed E-state index contributed by atoms with van der Waals surface area (Å²) >= 11 is 0. The van der Waals surface area contributed by atoms with Gasteiger partial charge in [-0.05, 0) is 13.1 Å². The zero-order valence-electron chi connectivity index (χ0n) is 10.7. The van der Waals surface area contributed by atoms with E-state index < -0.39 is 15.8 Å². The van der Waals surface area contributed by atoms with Crippen LogP contribution in [0.2, 0.25) is 0 Å². The molecule has 7 nitrogen and oxygen atoms in total. The Balaban J connectivity index is 2.18. The number of halogens is 1. The highest BCUT2D eigenvalue weighted by Crippen LogP contribution is 2.17. The van der Waals surface area contributed by atoms with E-state index in [0.717, 1.165) is 6.20 Å². The van der Waals surface area contributed by atoms with Crippen LogP contribution in [0.4, 0.5) is 10.1 Å². The molecule has 0 aliphatic rings. The standard InChI is InChI=1S/C11H14FN5O2S/c1-13-4-5-17-8-9(6-15-17)20(18,19)16-11-2-3-14-7-10(11)12/h2-3,6-8,13H,4-5H2,1H3,(H,14,16). The lowest BCUT2D eigenvalue weighted by molar-refractivity contribution is 0.582. The largest absolute Gasteiger partial charge is 0.318 e. The van der Waals surface area contributed by atoms with Crippen LogP contribution in [0.5, 0.6) is 0 Å². The van der Waals surface area contributed by atoms with Crippen LogP contribution in [0.3, 0.4) is 0 Å². The van der Waals surface area contributed by atoms with Crippen molar-refractivity contribution in [3.63, 3.8) is 0 Å². The first-order valence-corrected chi connectivity index (χ1v) is 7.30. The van der Waals surface area contributed by atoms with Gasteiger partial charge in [-0.25, -0.2) is 12.8 Å². The highest BCUT2D eigenvalue weighted by atomic mass is 32.2. The van der Waals surface area contributed by atoms with Crippen molar-refractivity contribution >= 4 is 15.7 Å². The third-order valence-corrected chi connectivity index (χ3v) is 3.85. The molecule has 0 radical (unpaired) electrons. The number of nitrogens with zero attached hydrogens (tertiary/aromatic N) is 3. The van der Waals surface area contributed by atoms with Crippen molar-refractivity contribution in [2.24, 2.45) is 0 Å². The predicted octanol–water partition coefficient (Wildman–Crippen LogP) is 0.437. The summed E-state index contributed by atoms with van der Waals surface area (Å²) in [4.78, 5) is 3.53. The number of likely N-dealkylation sites (N-methyl/N-ethyl adjacent to an activating group) is 1. The summed E-state index contributed by atoms with van der Waals surface area (Å²) < 4.78 is 41.2. The summed E-state index contributed by atoms with van der Waals surface area (Å²) in [5, 5.41) is 6.86. The summed E-state index contributed by atoms with van der Waals surface area (Å²) in [7, 11) is -2.07. The topological polar surface area (TPSA) is 88.9 Å². The summed E-state index contributed by atoms with van der Waals surface area (Å²) in [6.45, 7) is 1.20. The van der Waals surface area contributed by atoms with Crippen LogP contribution in [-0.2, 0) is 16.6 Å². The maximum Gasteiger partial charge on any atom is 0.265 e. The lowest BCUT2D eigenvalue weighted by Crippen LogP contribution is -2.15. The summed E-state index contributed by atoms with van der Waals surface area (Å²) in [6, 6.07) is 1.25. The van der Waals surface area contributed by atoms with Gasteiger partial charge in [0.1, 0.15) is 4.90 Å². The molecular formula is C11H14FN5O2S. The van der Waals surface area contributed by atoms with Crippen LogP contribution in [0.1, 0.15) is 0 Å². The second-order valence-corrected chi connectivity index (χ2v) is 5.69. The minimum Gasteiger partial charge on any atom is -0.318 e. The normalized spacial score (nSPS) is 11.5. The van der Waals surface area contributed by atoms with Crippen molar-refractivity contribution in [3.8, 4) is 0 Å². The zero-order valence-corrected chi connectivity index (χ0v) is 11.6. The van der Waals surface area contributed by atoms with Gasteiger partial charge in [-0.3, -0.25) is 14.4 Å². The van der Waals surface area contributed by atoms with Crippen molar-refractivity contribution in [2.45, 2.75) is 11.4 Å². The molecular weight excluding hydrogens is 285 g/mol. The van der Waals surface area contributed by atoms with E-state index in [0.29, 0.717) is 13.1 Å². The number of rotatable bonds is 6. The van der Waals surface area contributed by atoms with E-state index in [1.165, 1.54) is 29.3 Å². The van der Waals surface area contributed by atoms with Gasteiger partial charge < -0.3 is 5.32 Å². The van der Waals surface area contributed by atoms with Crippen molar-refractivity contribution in [1.29, 1.82) is 0 Å². The Morgan fingerprint density at radius 3 is 2.90 bits per heavy atom. The number of pyridine rings is 1. The van der Waals surface area contributed by atoms with Gasteiger partial charge in [0.15, 0.2) is 5.82 Å². The van der Waals surface area contributed by atoms with Gasteiger partial charge in [0.25, 0.3) is 10.0 Å².